The molecule has 164 valence electrons. The van der Waals surface area contributed by atoms with Gasteiger partial charge in [0.15, 0.2) is 16.8 Å². The molecule has 0 unspecified atom stereocenters. The number of ketones is 1. The van der Waals surface area contributed by atoms with Gasteiger partial charge in [0.2, 0.25) is 0 Å². The summed E-state index contributed by atoms with van der Waals surface area (Å²) in [7, 11) is 0. The van der Waals surface area contributed by atoms with Gasteiger partial charge in [-0.15, -0.1) is 10.2 Å². The van der Waals surface area contributed by atoms with Crippen molar-refractivity contribution in [2.75, 3.05) is 5.75 Å². The Morgan fingerprint density at radius 2 is 1.73 bits per heavy atom. The summed E-state index contributed by atoms with van der Waals surface area (Å²) in [6, 6.07) is 27.1. The van der Waals surface area contributed by atoms with Crippen molar-refractivity contribution in [1.82, 2.24) is 14.8 Å². The molecule has 0 aliphatic carbocycles. The molecule has 0 aliphatic rings. The smallest absolute Gasteiger partial charge is 0.192 e. The summed E-state index contributed by atoms with van der Waals surface area (Å²) < 4.78 is 13.3. The Balaban J connectivity index is 1.32. The highest BCUT2D eigenvalue weighted by Gasteiger charge is 2.17. The molecule has 5 aromatic rings. The van der Waals surface area contributed by atoms with Crippen molar-refractivity contribution in [2.45, 2.75) is 18.3 Å². The quantitative estimate of drug-likeness (QED) is 0.212. The molecule has 0 fully saturated rings. The van der Waals surface area contributed by atoms with Crippen LogP contribution in [0.25, 0.3) is 10.8 Å². The Bertz CT molecular complexity index is 1360. The van der Waals surface area contributed by atoms with Crippen molar-refractivity contribution in [1.29, 1.82) is 0 Å². The summed E-state index contributed by atoms with van der Waals surface area (Å²) in [5, 5.41) is 11.5. The van der Waals surface area contributed by atoms with E-state index in [1.165, 1.54) is 11.8 Å². The van der Waals surface area contributed by atoms with Crippen LogP contribution >= 0.6 is 11.8 Å². The van der Waals surface area contributed by atoms with Crippen LogP contribution in [0.5, 0.6) is 5.75 Å². The number of Topliss-reactive ketones (excluding diaryl/α,β-unsaturated/α-hetero) is 1. The molecule has 0 amide bonds. The van der Waals surface area contributed by atoms with Crippen molar-refractivity contribution in [2.24, 2.45) is 0 Å². The lowest BCUT2D eigenvalue weighted by Gasteiger charge is -2.10. The lowest BCUT2D eigenvalue weighted by molar-refractivity contribution is 0.102. The molecule has 33 heavy (non-hydrogen) atoms. The van der Waals surface area contributed by atoms with Crippen LogP contribution in [0.3, 0.4) is 0 Å². The third-order valence-corrected chi connectivity index (χ3v) is 6.17. The van der Waals surface area contributed by atoms with Crippen LogP contribution in [0, 0.1) is 0 Å². The van der Waals surface area contributed by atoms with E-state index in [1.807, 2.05) is 89.5 Å². The molecule has 0 N–H and O–H groups in total. The maximum Gasteiger partial charge on any atom is 0.192 e. The summed E-state index contributed by atoms with van der Waals surface area (Å²) in [4.78, 5) is 12.9. The van der Waals surface area contributed by atoms with Gasteiger partial charge >= 0.3 is 0 Å². The van der Waals surface area contributed by atoms with Crippen molar-refractivity contribution in [3.63, 3.8) is 0 Å². The molecule has 0 aliphatic heterocycles. The van der Waals surface area contributed by atoms with Gasteiger partial charge in [0.05, 0.1) is 18.6 Å². The van der Waals surface area contributed by atoms with Crippen LogP contribution in [0.15, 0.2) is 101 Å². The topological polar surface area (TPSA) is 70.2 Å². The highest BCUT2D eigenvalue weighted by atomic mass is 32.2. The number of benzene rings is 3. The Hall–Kier alpha value is -3.84. The number of ether oxygens (including phenoxy) is 1. The zero-order valence-corrected chi connectivity index (χ0v) is 18.6. The normalized spacial score (nSPS) is 11.0. The van der Waals surface area contributed by atoms with Crippen molar-refractivity contribution < 1.29 is 13.9 Å². The van der Waals surface area contributed by atoms with E-state index >= 15 is 0 Å². The van der Waals surface area contributed by atoms with Crippen LogP contribution in [0.4, 0.5) is 0 Å². The largest absolute Gasteiger partial charge is 0.486 e. The van der Waals surface area contributed by atoms with Gasteiger partial charge < -0.3 is 9.15 Å². The highest BCUT2D eigenvalue weighted by molar-refractivity contribution is 7.99. The number of fused-ring (bicyclic) bond motifs is 1. The van der Waals surface area contributed by atoms with Crippen LogP contribution in [0.2, 0.25) is 0 Å². The summed E-state index contributed by atoms with van der Waals surface area (Å²) in [5.74, 6) is 2.49. The molecule has 7 heteroatoms. The molecule has 2 aromatic heterocycles. The van der Waals surface area contributed by atoms with Crippen LogP contribution in [-0.4, -0.2) is 26.3 Å². The molecular formula is C26H21N3O3S. The minimum atomic E-state index is 0.0420. The number of carbonyl (C=O) groups excluding carboxylic acids is 1. The average molecular weight is 456 g/mol. The fourth-order valence-electron chi connectivity index (χ4n) is 3.49. The van der Waals surface area contributed by atoms with E-state index in [2.05, 4.69) is 10.2 Å². The molecular weight excluding hydrogens is 434 g/mol. The number of carbonyl (C=O) groups is 1. The van der Waals surface area contributed by atoms with Gasteiger partial charge in [0.25, 0.3) is 0 Å². The molecule has 0 saturated heterocycles. The van der Waals surface area contributed by atoms with Gasteiger partial charge in [-0.25, -0.2) is 0 Å². The average Bonchev–Trinajstić information content (AvgIpc) is 3.52. The first-order chi connectivity index (χ1) is 16.3. The fraction of sp³-hybridized carbons (Fsp3) is 0.115. The Morgan fingerprint density at radius 3 is 2.55 bits per heavy atom. The number of rotatable bonds is 9. The molecule has 0 atom stereocenters. The Morgan fingerprint density at radius 1 is 0.909 bits per heavy atom. The summed E-state index contributed by atoms with van der Waals surface area (Å²) in [6.07, 6.45) is 1.63. The predicted octanol–water partition coefficient (Wildman–Crippen LogP) is 5.63. The number of hydrogen-bond donors (Lipinski definition) is 0. The van der Waals surface area contributed by atoms with E-state index < -0.39 is 0 Å². The Labute approximate surface area is 195 Å². The van der Waals surface area contributed by atoms with Gasteiger partial charge in [-0.1, -0.05) is 66.4 Å². The zero-order valence-electron chi connectivity index (χ0n) is 17.8. The van der Waals surface area contributed by atoms with Gasteiger partial charge in [-0.2, -0.15) is 0 Å². The molecule has 2 heterocycles. The second-order valence-corrected chi connectivity index (χ2v) is 8.38. The van der Waals surface area contributed by atoms with E-state index in [0.717, 1.165) is 22.3 Å². The Kier molecular flexibility index (Phi) is 6.21. The summed E-state index contributed by atoms with van der Waals surface area (Å²) in [5.41, 5.74) is 0.686. The maximum atomic E-state index is 12.9. The monoisotopic (exact) mass is 455 g/mol. The lowest BCUT2D eigenvalue weighted by atomic mass is 10.1. The van der Waals surface area contributed by atoms with E-state index in [1.54, 1.807) is 6.26 Å². The summed E-state index contributed by atoms with van der Waals surface area (Å²) in [6.45, 7) is 0.719. The van der Waals surface area contributed by atoms with E-state index in [-0.39, 0.29) is 18.1 Å². The van der Waals surface area contributed by atoms with Gasteiger partial charge in [-0.05, 0) is 41.1 Å². The van der Waals surface area contributed by atoms with Gasteiger partial charge in [0, 0.05) is 5.56 Å². The standard InChI is InChI=1S/C26H21N3O3S/c30-24(21-13-12-19-7-4-5-8-20(19)15-21)18-33-26-28-27-25(17-32-22-9-2-1-3-10-22)29(26)16-23-11-6-14-31-23/h1-15H,16-18H2. The van der Waals surface area contributed by atoms with Crippen LogP contribution in [0.1, 0.15) is 21.9 Å². The van der Waals surface area contributed by atoms with Gasteiger partial charge in [-0.3, -0.25) is 9.36 Å². The molecule has 3 aromatic carbocycles. The van der Waals surface area contributed by atoms with Crippen molar-refractivity contribution in [3.05, 3.63) is 108 Å². The molecule has 0 bridgehead atoms. The number of furan rings is 1. The van der Waals surface area contributed by atoms with Crippen molar-refractivity contribution >= 4 is 28.3 Å². The molecule has 0 saturated carbocycles. The van der Waals surface area contributed by atoms with E-state index in [9.17, 15) is 4.79 Å². The number of thioether (sulfide) groups is 1. The fourth-order valence-corrected chi connectivity index (χ4v) is 4.34. The summed E-state index contributed by atoms with van der Waals surface area (Å²) >= 11 is 1.36. The second-order valence-electron chi connectivity index (χ2n) is 7.44. The third-order valence-electron chi connectivity index (χ3n) is 5.20. The number of aromatic nitrogens is 3. The third kappa shape index (κ3) is 4.99. The number of nitrogens with zero attached hydrogens (tertiary/aromatic N) is 3. The SMILES string of the molecule is O=C(CSc1nnc(COc2ccccc2)n1Cc1ccco1)c1ccc2ccccc2c1. The number of hydrogen-bond acceptors (Lipinski definition) is 6. The first-order valence-electron chi connectivity index (χ1n) is 10.5. The maximum absolute atomic E-state index is 12.9. The first-order valence-corrected chi connectivity index (χ1v) is 11.5. The van der Waals surface area contributed by atoms with Crippen LogP contribution in [-0.2, 0) is 13.2 Å². The van der Waals surface area contributed by atoms with E-state index in [0.29, 0.717) is 23.1 Å². The van der Waals surface area contributed by atoms with E-state index in [4.69, 9.17) is 9.15 Å². The minimum Gasteiger partial charge on any atom is -0.486 e. The first kappa shape index (κ1) is 21.0. The highest BCUT2D eigenvalue weighted by Crippen LogP contribution is 2.23. The molecule has 6 nitrogen and oxygen atoms in total. The van der Waals surface area contributed by atoms with Crippen LogP contribution < -0.4 is 4.74 Å². The zero-order chi connectivity index (χ0) is 22.5. The molecule has 0 radical (unpaired) electrons. The van der Waals surface area contributed by atoms with Gasteiger partial charge in [0.1, 0.15) is 18.1 Å². The second kappa shape index (κ2) is 9.75. The number of para-hydroxylation sites is 1. The molecule has 0 spiro atoms. The minimum absolute atomic E-state index is 0.0420. The molecule has 5 rings (SSSR count). The predicted molar refractivity (Wildman–Crippen MR) is 128 cm³/mol. The lowest BCUT2D eigenvalue weighted by Crippen LogP contribution is -2.10. The van der Waals surface area contributed by atoms with Crippen molar-refractivity contribution in [3.8, 4) is 5.75 Å².